The minimum absolute atomic E-state index is 0.140. The summed E-state index contributed by atoms with van der Waals surface area (Å²) in [5, 5.41) is 2.98. The van der Waals surface area contributed by atoms with Gasteiger partial charge in [-0.05, 0) is 34.2 Å². The van der Waals surface area contributed by atoms with Crippen LogP contribution in [0.5, 0.6) is 0 Å². The number of carbonyl (C=O) groups is 1. The van der Waals surface area contributed by atoms with E-state index in [0.29, 0.717) is 11.4 Å². The molecule has 0 aliphatic carbocycles. The third-order valence-electron chi connectivity index (χ3n) is 2.50. The number of hydrogen-bond acceptors (Lipinski definition) is 5. The van der Waals surface area contributed by atoms with Crippen molar-refractivity contribution in [2.75, 3.05) is 16.9 Å². The number of aromatic nitrogens is 1. The molecule has 0 aromatic carbocycles. The topological polar surface area (TPSA) is 80.0 Å². The highest BCUT2D eigenvalue weighted by atomic mass is 79.9. The van der Waals surface area contributed by atoms with Crippen LogP contribution in [-0.4, -0.2) is 28.4 Å². The Balaban J connectivity index is 2.14. The van der Waals surface area contributed by atoms with Crippen molar-refractivity contribution in [1.82, 2.24) is 10.3 Å². The molecular weight excluding hydrogens is 304 g/mol. The molecule has 2 rings (SSSR count). The molecule has 1 aliphatic rings. The van der Waals surface area contributed by atoms with Crippen molar-refractivity contribution >= 4 is 39.4 Å². The van der Waals surface area contributed by atoms with Crippen LogP contribution in [-0.2, 0) is 0 Å². The zero-order chi connectivity index (χ0) is 12.3. The zero-order valence-electron chi connectivity index (χ0n) is 9.07. The third kappa shape index (κ3) is 3.11. The summed E-state index contributed by atoms with van der Waals surface area (Å²) in [5.41, 5.74) is 2.89. The van der Waals surface area contributed by atoms with Crippen molar-refractivity contribution in [3.8, 4) is 0 Å². The maximum absolute atomic E-state index is 12.1. The van der Waals surface area contributed by atoms with Gasteiger partial charge in [0.15, 0.2) is 5.82 Å². The van der Waals surface area contributed by atoms with Crippen LogP contribution in [0.15, 0.2) is 16.7 Å². The molecule has 5 nitrogen and oxygen atoms in total. The standard InChI is InChI=1S/C10H13BrN4OS/c11-6-3-8(9(15-12)13-4-6)10(16)14-7-1-2-17-5-7/h3-4,7H,1-2,5,12H2,(H,13,15)(H,14,16). The zero-order valence-corrected chi connectivity index (χ0v) is 11.5. The van der Waals surface area contributed by atoms with Crippen LogP contribution in [0.25, 0.3) is 0 Å². The largest absolute Gasteiger partial charge is 0.348 e. The number of amides is 1. The Hall–Kier alpha value is -0.790. The molecule has 0 bridgehead atoms. The summed E-state index contributed by atoms with van der Waals surface area (Å²) >= 11 is 5.14. The van der Waals surface area contributed by atoms with E-state index in [1.54, 1.807) is 12.3 Å². The number of hydrazine groups is 1. The minimum Gasteiger partial charge on any atom is -0.348 e. The first-order valence-corrected chi connectivity index (χ1v) is 7.16. The third-order valence-corrected chi connectivity index (χ3v) is 4.10. The lowest BCUT2D eigenvalue weighted by molar-refractivity contribution is 0.0941. The Morgan fingerprint density at radius 3 is 3.12 bits per heavy atom. The fraction of sp³-hybridized carbons (Fsp3) is 0.400. The van der Waals surface area contributed by atoms with E-state index in [1.165, 1.54) is 0 Å². The van der Waals surface area contributed by atoms with Gasteiger partial charge in [-0.2, -0.15) is 11.8 Å². The molecule has 92 valence electrons. The molecule has 4 N–H and O–H groups in total. The highest BCUT2D eigenvalue weighted by Gasteiger charge is 2.20. The molecule has 1 amide bonds. The number of thioether (sulfide) groups is 1. The van der Waals surface area contributed by atoms with Crippen molar-refractivity contribution in [1.29, 1.82) is 0 Å². The summed E-state index contributed by atoms with van der Waals surface area (Å²) in [6.07, 6.45) is 2.61. The lowest BCUT2D eigenvalue weighted by atomic mass is 10.2. The number of nitrogens with zero attached hydrogens (tertiary/aromatic N) is 1. The van der Waals surface area contributed by atoms with Gasteiger partial charge in [-0.15, -0.1) is 0 Å². The van der Waals surface area contributed by atoms with Crippen LogP contribution >= 0.6 is 27.7 Å². The molecule has 1 aromatic heterocycles. The number of nitrogens with one attached hydrogen (secondary N) is 2. The second-order valence-corrected chi connectivity index (χ2v) is 5.79. The Kier molecular flexibility index (Phi) is 4.25. The highest BCUT2D eigenvalue weighted by Crippen LogP contribution is 2.20. The van der Waals surface area contributed by atoms with E-state index in [9.17, 15) is 4.79 Å². The van der Waals surface area contributed by atoms with Crippen LogP contribution in [0.1, 0.15) is 16.8 Å². The van der Waals surface area contributed by atoms with Gasteiger partial charge in [0.2, 0.25) is 0 Å². The summed E-state index contributed by atoms with van der Waals surface area (Å²) in [6.45, 7) is 0. The Labute approximate surface area is 112 Å². The van der Waals surface area contributed by atoms with Gasteiger partial charge in [0.25, 0.3) is 5.91 Å². The van der Waals surface area contributed by atoms with E-state index in [-0.39, 0.29) is 11.9 Å². The quantitative estimate of drug-likeness (QED) is 0.579. The maximum atomic E-state index is 12.1. The van der Waals surface area contributed by atoms with Crippen LogP contribution in [0, 0.1) is 0 Å². The van der Waals surface area contributed by atoms with Gasteiger partial charge in [0.05, 0.1) is 5.56 Å². The predicted octanol–water partition coefficient (Wildman–Crippen LogP) is 1.37. The van der Waals surface area contributed by atoms with E-state index in [4.69, 9.17) is 5.84 Å². The SMILES string of the molecule is NNc1ncc(Br)cc1C(=O)NC1CCSC1. The first-order valence-electron chi connectivity index (χ1n) is 5.21. The average Bonchev–Trinajstić information content (AvgIpc) is 2.81. The van der Waals surface area contributed by atoms with Gasteiger partial charge in [-0.1, -0.05) is 0 Å². The molecule has 0 saturated carbocycles. The predicted molar refractivity (Wildman–Crippen MR) is 72.9 cm³/mol. The number of nitrogen functional groups attached to an aromatic ring is 1. The summed E-state index contributed by atoms with van der Waals surface area (Å²) < 4.78 is 0.752. The molecule has 1 aliphatic heterocycles. The second-order valence-electron chi connectivity index (χ2n) is 3.73. The first-order chi connectivity index (χ1) is 8.20. The van der Waals surface area contributed by atoms with Crippen LogP contribution in [0.3, 0.4) is 0 Å². The summed E-state index contributed by atoms with van der Waals surface area (Å²) in [7, 11) is 0. The smallest absolute Gasteiger partial charge is 0.255 e. The summed E-state index contributed by atoms with van der Waals surface area (Å²) in [4.78, 5) is 16.1. The van der Waals surface area contributed by atoms with Crippen LogP contribution in [0.4, 0.5) is 5.82 Å². The highest BCUT2D eigenvalue weighted by molar-refractivity contribution is 9.10. The van der Waals surface area contributed by atoms with Crippen molar-refractivity contribution in [2.24, 2.45) is 5.84 Å². The number of anilines is 1. The molecule has 7 heteroatoms. The van der Waals surface area contributed by atoms with Crippen molar-refractivity contribution in [2.45, 2.75) is 12.5 Å². The molecule has 0 radical (unpaired) electrons. The molecule has 1 unspecified atom stereocenters. The molecule has 1 aromatic rings. The average molecular weight is 317 g/mol. The van der Waals surface area contributed by atoms with Gasteiger partial charge >= 0.3 is 0 Å². The molecule has 1 fully saturated rings. The number of pyridine rings is 1. The fourth-order valence-corrected chi connectivity index (χ4v) is 3.12. The number of carbonyl (C=O) groups excluding carboxylic acids is 1. The lowest BCUT2D eigenvalue weighted by Crippen LogP contribution is -2.35. The van der Waals surface area contributed by atoms with Crippen molar-refractivity contribution in [3.63, 3.8) is 0 Å². The number of rotatable bonds is 3. The number of hydrogen-bond donors (Lipinski definition) is 3. The fourth-order valence-electron chi connectivity index (χ4n) is 1.64. The van der Waals surface area contributed by atoms with Crippen LogP contribution in [0.2, 0.25) is 0 Å². The minimum atomic E-state index is -0.140. The van der Waals surface area contributed by atoms with Crippen molar-refractivity contribution < 1.29 is 4.79 Å². The van der Waals surface area contributed by atoms with Gasteiger partial charge in [0, 0.05) is 22.5 Å². The van der Waals surface area contributed by atoms with E-state index in [0.717, 1.165) is 22.4 Å². The van der Waals surface area contributed by atoms with E-state index < -0.39 is 0 Å². The maximum Gasteiger partial charge on any atom is 0.255 e. The molecule has 17 heavy (non-hydrogen) atoms. The summed E-state index contributed by atoms with van der Waals surface area (Å²) in [6, 6.07) is 1.96. The van der Waals surface area contributed by atoms with Crippen LogP contribution < -0.4 is 16.6 Å². The molecule has 2 heterocycles. The molecule has 1 saturated heterocycles. The van der Waals surface area contributed by atoms with Gasteiger partial charge < -0.3 is 10.7 Å². The van der Waals surface area contributed by atoms with Gasteiger partial charge in [-0.3, -0.25) is 4.79 Å². The Morgan fingerprint density at radius 2 is 2.47 bits per heavy atom. The van der Waals surface area contributed by atoms with Gasteiger partial charge in [-0.25, -0.2) is 10.8 Å². The molecular formula is C10H13BrN4OS. The van der Waals surface area contributed by atoms with E-state index >= 15 is 0 Å². The monoisotopic (exact) mass is 316 g/mol. The van der Waals surface area contributed by atoms with Crippen molar-refractivity contribution in [3.05, 3.63) is 22.3 Å². The van der Waals surface area contributed by atoms with Gasteiger partial charge in [0.1, 0.15) is 0 Å². The number of nitrogens with two attached hydrogens (primary N) is 1. The molecule has 0 spiro atoms. The Bertz CT molecular complexity index is 423. The number of halogens is 1. The van der Waals surface area contributed by atoms with E-state index in [2.05, 4.69) is 31.7 Å². The normalized spacial score (nSPS) is 19.1. The molecule has 1 atom stereocenters. The lowest BCUT2D eigenvalue weighted by Gasteiger charge is -2.13. The first kappa shape index (κ1) is 12.7. The Morgan fingerprint density at radius 1 is 1.65 bits per heavy atom. The van der Waals surface area contributed by atoms with E-state index in [1.807, 2.05) is 11.8 Å². The summed E-state index contributed by atoms with van der Waals surface area (Å²) in [5.74, 6) is 7.65. The second kappa shape index (κ2) is 5.70.